The van der Waals surface area contributed by atoms with Crippen LogP contribution in [0.3, 0.4) is 0 Å². The van der Waals surface area contributed by atoms with Crippen LogP contribution in [0.5, 0.6) is 11.5 Å². The van der Waals surface area contributed by atoms with Crippen LogP contribution in [0.2, 0.25) is 5.02 Å². The Balaban J connectivity index is 1.66. The van der Waals surface area contributed by atoms with Gasteiger partial charge >= 0.3 is 0 Å². The van der Waals surface area contributed by atoms with E-state index in [1.165, 1.54) is 5.56 Å². The van der Waals surface area contributed by atoms with Crippen molar-refractivity contribution >= 4 is 34.8 Å². The van der Waals surface area contributed by atoms with E-state index in [-0.39, 0.29) is 11.7 Å². The van der Waals surface area contributed by atoms with Crippen molar-refractivity contribution in [3.63, 3.8) is 0 Å². The molecular weight excluding hydrogens is 424 g/mol. The molecule has 152 valence electrons. The zero-order valence-electron chi connectivity index (χ0n) is 16.8. The van der Waals surface area contributed by atoms with Gasteiger partial charge in [0.1, 0.15) is 11.5 Å². The monoisotopic (exact) mass is 442 g/mol. The molecule has 1 aliphatic rings. The van der Waals surface area contributed by atoms with Crippen molar-refractivity contribution in [3.05, 3.63) is 122 Å². The molecular formula is C27H19ClO2S. The van der Waals surface area contributed by atoms with Gasteiger partial charge in [0, 0.05) is 21.4 Å². The number of carbonyl (C=O) groups excluding carboxylic acids is 1. The van der Waals surface area contributed by atoms with Crippen molar-refractivity contribution < 1.29 is 9.53 Å². The van der Waals surface area contributed by atoms with Crippen molar-refractivity contribution in [3.8, 4) is 11.5 Å². The van der Waals surface area contributed by atoms with Gasteiger partial charge in [0.25, 0.3) is 0 Å². The molecule has 0 saturated carbocycles. The Labute approximate surface area is 190 Å². The van der Waals surface area contributed by atoms with Gasteiger partial charge in [-0.2, -0.15) is 0 Å². The summed E-state index contributed by atoms with van der Waals surface area (Å²) in [7, 11) is 0. The van der Waals surface area contributed by atoms with Crippen molar-refractivity contribution in [1.82, 2.24) is 0 Å². The fraction of sp³-hybridized carbons (Fsp3) is 0.0741. The van der Waals surface area contributed by atoms with Crippen LogP contribution >= 0.6 is 22.9 Å². The SMILES string of the molecule is Cc1ccsc1/C=C1\C(=O)c2c(Oc3ccc(Cl)cc3)cccc2C1c1ccccc1. The lowest BCUT2D eigenvalue weighted by molar-refractivity contribution is 0.103. The summed E-state index contributed by atoms with van der Waals surface area (Å²) >= 11 is 7.65. The summed E-state index contributed by atoms with van der Waals surface area (Å²) in [5.74, 6) is 1.10. The van der Waals surface area contributed by atoms with Gasteiger partial charge in [0.05, 0.1) is 5.56 Å². The Morgan fingerprint density at radius 2 is 1.71 bits per heavy atom. The molecule has 4 heteroatoms. The molecule has 1 aliphatic carbocycles. The molecule has 3 aromatic carbocycles. The average molecular weight is 443 g/mol. The van der Waals surface area contributed by atoms with Crippen LogP contribution in [-0.4, -0.2) is 5.78 Å². The Kier molecular flexibility index (Phi) is 5.23. The number of hydrogen-bond donors (Lipinski definition) is 0. The Morgan fingerprint density at radius 1 is 0.935 bits per heavy atom. The third-order valence-corrected chi connectivity index (χ3v) is 6.75. The molecule has 0 amide bonds. The van der Waals surface area contributed by atoms with E-state index in [1.54, 1.807) is 23.5 Å². The van der Waals surface area contributed by atoms with Crippen LogP contribution in [0.25, 0.3) is 6.08 Å². The Bertz CT molecular complexity index is 1290. The van der Waals surface area contributed by atoms with E-state index in [9.17, 15) is 4.79 Å². The number of halogens is 1. The normalized spacial score (nSPS) is 16.5. The van der Waals surface area contributed by atoms with Gasteiger partial charge in [0.15, 0.2) is 5.78 Å². The molecule has 0 fully saturated rings. The summed E-state index contributed by atoms with van der Waals surface area (Å²) in [6, 6.07) is 25.3. The number of ketones is 1. The fourth-order valence-electron chi connectivity index (χ4n) is 4.02. The first-order valence-corrected chi connectivity index (χ1v) is 11.3. The molecule has 1 atom stereocenters. The molecule has 0 radical (unpaired) electrons. The molecule has 1 heterocycles. The highest BCUT2D eigenvalue weighted by Gasteiger charge is 2.38. The molecule has 1 unspecified atom stereocenters. The number of allylic oxidation sites excluding steroid dienone is 1. The highest BCUT2D eigenvalue weighted by Crippen LogP contribution is 2.47. The second-order valence-corrected chi connectivity index (χ2v) is 8.90. The lowest BCUT2D eigenvalue weighted by atomic mass is 9.89. The van der Waals surface area contributed by atoms with Gasteiger partial charge in [-0.25, -0.2) is 0 Å². The first kappa shape index (κ1) is 19.8. The minimum Gasteiger partial charge on any atom is -0.457 e. The van der Waals surface area contributed by atoms with Gasteiger partial charge in [-0.05, 0) is 71.5 Å². The summed E-state index contributed by atoms with van der Waals surface area (Å²) < 4.78 is 6.13. The second kappa shape index (κ2) is 8.18. The lowest BCUT2D eigenvalue weighted by Gasteiger charge is -2.14. The summed E-state index contributed by atoms with van der Waals surface area (Å²) in [5.41, 5.74) is 4.65. The predicted octanol–water partition coefficient (Wildman–Crippen LogP) is 7.91. The minimum absolute atomic E-state index is 0.0150. The van der Waals surface area contributed by atoms with Crippen LogP contribution in [-0.2, 0) is 0 Å². The molecule has 1 aromatic heterocycles. The molecule has 0 aliphatic heterocycles. The zero-order chi connectivity index (χ0) is 21.4. The lowest BCUT2D eigenvalue weighted by Crippen LogP contribution is -2.02. The highest BCUT2D eigenvalue weighted by molar-refractivity contribution is 7.11. The number of ether oxygens (including phenoxy) is 1. The fourth-order valence-corrected chi connectivity index (χ4v) is 5.01. The van der Waals surface area contributed by atoms with Crippen LogP contribution < -0.4 is 4.74 Å². The molecule has 4 aromatic rings. The largest absolute Gasteiger partial charge is 0.457 e. The summed E-state index contributed by atoms with van der Waals surface area (Å²) in [5, 5.41) is 2.70. The number of Topliss-reactive ketones (excluding diaryl/α,β-unsaturated/α-hetero) is 1. The predicted molar refractivity (Wildman–Crippen MR) is 128 cm³/mol. The number of hydrogen-bond acceptors (Lipinski definition) is 3. The first-order valence-electron chi connectivity index (χ1n) is 10.0. The molecule has 2 nitrogen and oxygen atoms in total. The maximum absolute atomic E-state index is 13.7. The number of benzene rings is 3. The van der Waals surface area contributed by atoms with Gasteiger partial charge < -0.3 is 4.74 Å². The van der Waals surface area contributed by atoms with E-state index < -0.39 is 0 Å². The van der Waals surface area contributed by atoms with Gasteiger partial charge in [-0.1, -0.05) is 54.1 Å². The van der Waals surface area contributed by atoms with Crippen LogP contribution in [0.15, 0.2) is 89.8 Å². The summed E-state index contributed by atoms with van der Waals surface area (Å²) in [6.07, 6.45) is 2.05. The van der Waals surface area contributed by atoms with Crippen LogP contribution in [0.1, 0.15) is 37.8 Å². The zero-order valence-corrected chi connectivity index (χ0v) is 18.4. The van der Waals surface area contributed by atoms with Crippen LogP contribution in [0.4, 0.5) is 0 Å². The second-order valence-electron chi connectivity index (χ2n) is 7.52. The van der Waals surface area contributed by atoms with Crippen molar-refractivity contribution in [2.24, 2.45) is 0 Å². The quantitative estimate of drug-likeness (QED) is 0.300. The first-order chi connectivity index (χ1) is 15.1. The maximum Gasteiger partial charge on any atom is 0.194 e. The van der Waals surface area contributed by atoms with E-state index in [2.05, 4.69) is 30.5 Å². The van der Waals surface area contributed by atoms with Gasteiger partial charge in [-0.15, -0.1) is 11.3 Å². The Hall–Kier alpha value is -3.14. The highest BCUT2D eigenvalue weighted by atomic mass is 35.5. The van der Waals surface area contributed by atoms with E-state index in [1.807, 2.05) is 54.6 Å². The molecule has 31 heavy (non-hydrogen) atoms. The molecule has 0 spiro atoms. The Morgan fingerprint density at radius 3 is 2.42 bits per heavy atom. The van der Waals surface area contributed by atoms with E-state index in [0.717, 1.165) is 21.6 Å². The average Bonchev–Trinajstić information content (AvgIpc) is 3.32. The number of aryl methyl sites for hydroxylation is 1. The van der Waals surface area contributed by atoms with Gasteiger partial charge in [-0.3, -0.25) is 4.79 Å². The third kappa shape index (κ3) is 3.71. The number of rotatable bonds is 4. The number of carbonyl (C=O) groups is 1. The van der Waals surface area contributed by atoms with Crippen molar-refractivity contribution in [2.45, 2.75) is 12.8 Å². The van der Waals surface area contributed by atoms with E-state index >= 15 is 0 Å². The summed E-state index contributed by atoms with van der Waals surface area (Å²) in [6.45, 7) is 2.07. The molecule has 0 N–H and O–H groups in total. The summed E-state index contributed by atoms with van der Waals surface area (Å²) in [4.78, 5) is 14.8. The smallest absolute Gasteiger partial charge is 0.194 e. The van der Waals surface area contributed by atoms with Crippen molar-refractivity contribution in [2.75, 3.05) is 0 Å². The van der Waals surface area contributed by atoms with Crippen molar-refractivity contribution in [1.29, 1.82) is 0 Å². The topological polar surface area (TPSA) is 26.3 Å². The van der Waals surface area contributed by atoms with Gasteiger partial charge in [0.2, 0.25) is 0 Å². The molecule has 0 saturated heterocycles. The standard InChI is InChI=1S/C27H19ClO2S/c1-17-14-15-31-24(17)16-22-25(18-6-3-2-4-7-18)21-8-5-9-23(26(21)27(22)29)30-20-12-10-19(28)11-13-20/h2-16,25H,1H3/b22-16-. The number of thiophene rings is 1. The van der Waals surface area contributed by atoms with Crippen LogP contribution in [0, 0.1) is 6.92 Å². The molecule has 0 bridgehead atoms. The van der Waals surface area contributed by atoms with E-state index in [0.29, 0.717) is 22.1 Å². The number of fused-ring (bicyclic) bond motifs is 1. The maximum atomic E-state index is 13.7. The molecule has 5 rings (SSSR count). The third-order valence-electron chi connectivity index (χ3n) is 5.53. The van der Waals surface area contributed by atoms with E-state index in [4.69, 9.17) is 16.3 Å². The minimum atomic E-state index is -0.126.